The van der Waals surface area contributed by atoms with Crippen LogP contribution < -0.4 is 14.8 Å². The van der Waals surface area contributed by atoms with E-state index in [0.717, 1.165) is 22.9 Å². The quantitative estimate of drug-likeness (QED) is 0.328. The predicted molar refractivity (Wildman–Crippen MR) is 144 cm³/mol. The van der Waals surface area contributed by atoms with Crippen molar-refractivity contribution >= 4 is 27.5 Å². The molecule has 0 bridgehead atoms. The predicted octanol–water partition coefficient (Wildman–Crippen LogP) is 5.65. The summed E-state index contributed by atoms with van der Waals surface area (Å²) in [6.45, 7) is 7.88. The number of phenols is 1. The molecule has 0 aliphatic carbocycles. The molecule has 3 rings (SSSR count). The lowest BCUT2D eigenvalue weighted by Crippen LogP contribution is -2.33. The number of phenolic OH excluding ortho intramolecular Hbond substituents is 1. The van der Waals surface area contributed by atoms with Gasteiger partial charge in [-0.2, -0.15) is 0 Å². The zero-order valence-electron chi connectivity index (χ0n) is 21.6. The molecule has 3 aromatic carbocycles. The van der Waals surface area contributed by atoms with Crippen LogP contribution >= 0.6 is 0 Å². The van der Waals surface area contributed by atoms with Crippen molar-refractivity contribution in [3.63, 3.8) is 0 Å². The molecule has 0 fully saturated rings. The smallest absolute Gasteiger partial charge is 0.332 e. The highest BCUT2D eigenvalue weighted by Crippen LogP contribution is 2.34. The van der Waals surface area contributed by atoms with E-state index in [1.807, 2.05) is 55.8 Å². The van der Waals surface area contributed by atoms with Gasteiger partial charge in [0, 0.05) is 17.7 Å². The molecule has 196 valence electrons. The molecule has 3 N–H and O–H groups in total. The fourth-order valence-corrected chi connectivity index (χ4v) is 4.13. The first-order chi connectivity index (χ1) is 17.2. The summed E-state index contributed by atoms with van der Waals surface area (Å²) in [4.78, 5) is 24.5. The average molecular weight is 525 g/mol. The molecule has 0 heterocycles. The lowest BCUT2D eigenvalue weighted by atomic mass is 9.87. The van der Waals surface area contributed by atoms with Gasteiger partial charge in [0.25, 0.3) is 0 Å². The zero-order valence-corrected chi connectivity index (χ0v) is 22.4. The Labute approximate surface area is 217 Å². The first-order valence-corrected chi connectivity index (χ1v) is 13.6. The number of nitrogens with one attached hydrogen (secondary N) is 2. The lowest BCUT2D eigenvalue weighted by molar-refractivity contribution is 0.0937. The van der Waals surface area contributed by atoms with Gasteiger partial charge in [-0.15, -0.1) is 0 Å². The zero-order chi connectivity index (χ0) is 27.4. The van der Waals surface area contributed by atoms with Gasteiger partial charge in [0.1, 0.15) is 18.1 Å². The van der Waals surface area contributed by atoms with Crippen molar-refractivity contribution in [1.29, 1.82) is 0 Å². The number of amides is 2. The third kappa shape index (κ3) is 8.08. The molecule has 9 heteroatoms. The minimum absolute atomic E-state index is 0.0651. The number of hydrogen-bond acceptors (Lipinski definition) is 6. The van der Waals surface area contributed by atoms with E-state index in [0.29, 0.717) is 29.0 Å². The van der Waals surface area contributed by atoms with Crippen LogP contribution in [0.25, 0.3) is 11.1 Å². The fraction of sp³-hybridized carbons (Fsp3) is 0.286. The number of Topliss-reactive ketones (excluding diaryl/α,β-unsaturated/α-hetero) is 1. The Kier molecular flexibility index (Phi) is 8.28. The number of urea groups is 1. The summed E-state index contributed by atoms with van der Waals surface area (Å²) in [5.41, 5.74) is 3.61. The van der Waals surface area contributed by atoms with E-state index in [9.17, 15) is 23.1 Å². The number of carbonyl (C=O) groups excluding carboxylic acids is 2. The molecule has 0 atom stereocenters. The van der Waals surface area contributed by atoms with E-state index < -0.39 is 16.1 Å². The Bertz CT molecular complexity index is 1420. The minimum atomic E-state index is -3.67. The number of aromatic hydroxyl groups is 1. The van der Waals surface area contributed by atoms with Gasteiger partial charge in [-0.05, 0) is 59.4 Å². The van der Waals surface area contributed by atoms with E-state index in [1.54, 1.807) is 37.3 Å². The lowest BCUT2D eigenvalue weighted by Gasteiger charge is -2.18. The summed E-state index contributed by atoms with van der Waals surface area (Å²) >= 11 is 0. The SMILES string of the molecule is Cc1c(OCc2cccc(-c3cccc(NC(=O)NS(C)(=O)=O)c3)c2)ccc(C(=O)CC(C)(C)C)c1O. The Morgan fingerprint density at radius 1 is 0.973 bits per heavy atom. The van der Waals surface area contributed by atoms with Crippen LogP contribution in [-0.4, -0.2) is 31.6 Å². The van der Waals surface area contributed by atoms with Crippen molar-refractivity contribution in [2.75, 3.05) is 11.6 Å². The Hall–Kier alpha value is -3.85. The van der Waals surface area contributed by atoms with E-state index >= 15 is 0 Å². The first-order valence-electron chi connectivity index (χ1n) is 11.7. The van der Waals surface area contributed by atoms with Crippen molar-refractivity contribution in [2.45, 2.75) is 40.7 Å². The summed E-state index contributed by atoms with van der Waals surface area (Å²) in [6.07, 6.45) is 1.23. The van der Waals surface area contributed by atoms with Gasteiger partial charge < -0.3 is 15.2 Å². The van der Waals surface area contributed by atoms with Crippen LogP contribution in [0.2, 0.25) is 0 Å². The molecule has 0 spiro atoms. The van der Waals surface area contributed by atoms with Crippen molar-refractivity contribution in [1.82, 2.24) is 4.72 Å². The summed E-state index contributed by atoms with van der Waals surface area (Å²) in [7, 11) is -3.67. The second kappa shape index (κ2) is 11.0. The Morgan fingerprint density at radius 3 is 2.27 bits per heavy atom. The number of hydrogen-bond donors (Lipinski definition) is 3. The van der Waals surface area contributed by atoms with E-state index in [1.165, 1.54) is 0 Å². The highest BCUT2D eigenvalue weighted by atomic mass is 32.2. The summed E-state index contributed by atoms with van der Waals surface area (Å²) in [5, 5.41) is 13.1. The van der Waals surface area contributed by atoms with Crippen LogP contribution in [0, 0.1) is 12.3 Å². The van der Waals surface area contributed by atoms with E-state index in [4.69, 9.17) is 4.74 Å². The van der Waals surface area contributed by atoms with Crippen LogP contribution in [0.15, 0.2) is 60.7 Å². The molecule has 0 radical (unpaired) electrons. The molecule has 0 aliphatic heterocycles. The van der Waals surface area contributed by atoms with Gasteiger partial charge in [0.05, 0.1) is 11.8 Å². The fourth-order valence-electron chi connectivity index (χ4n) is 3.74. The van der Waals surface area contributed by atoms with Gasteiger partial charge in [-0.1, -0.05) is 51.1 Å². The maximum absolute atomic E-state index is 12.6. The number of rotatable bonds is 8. The van der Waals surface area contributed by atoms with Crippen molar-refractivity contribution in [2.24, 2.45) is 5.41 Å². The standard InChI is InChI=1S/C28H32N2O6S/c1-18-25(13-12-23(26(18)32)24(31)16-28(2,3)4)36-17-19-8-6-9-20(14-19)21-10-7-11-22(15-21)29-27(33)30-37(5,34)35/h6-15,32H,16-17H2,1-5H3,(H2,29,30,33). The molecule has 8 nitrogen and oxygen atoms in total. The molecule has 0 aromatic heterocycles. The van der Waals surface area contributed by atoms with Crippen LogP contribution in [0.1, 0.15) is 48.7 Å². The van der Waals surface area contributed by atoms with Crippen molar-refractivity contribution in [3.8, 4) is 22.6 Å². The Balaban J connectivity index is 1.73. The van der Waals surface area contributed by atoms with Gasteiger partial charge in [0.15, 0.2) is 5.78 Å². The summed E-state index contributed by atoms with van der Waals surface area (Å²) in [5.74, 6) is 0.306. The van der Waals surface area contributed by atoms with E-state index in [2.05, 4.69) is 5.32 Å². The van der Waals surface area contributed by atoms with Crippen LogP contribution in [0.4, 0.5) is 10.5 Å². The largest absolute Gasteiger partial charge is 0.507 e. The monoisotopic (exact) mass is 524 g/mol. The molecule has 0 unspecified atom stereocenters. The third-order valence-electron chi connectivity index (χ3n) is 5.43. The van der Waals surface area contributed by atoms with E-state index in [-0.39, 0.29) is 23.6 Å². The Morgan fingerprint density at radius 2 is 1.62 bits per heavy atom. The molecule has 0 saturated carbocycles. The second-order valence-corrected chi connectivity index (χ2v) is 11.9. The van der Waals surface area contributed by atoms with Crippen LogP contribution in [0.5, 0.6) is 11.5 Å². The minimum Gasteiger partial charge on any atom is -0.507 e. The number of ether oxygens (including phenoxy) is 1. The van der Waals surface area contributed by atoms with Crippen molar-refractivity contribution < 1.29 is 27.9 Å². The molecule has 3 aromatic rings. The number of ketones is 1. The normalized spacial score (nSPS) is 11.6. The number of carbonyl (C=O) groups is 2. The van der Waals surface area contributed by atoms with Gasteiger partial charge in [-0.25, -0.2) is 17.9 Å². The molecular formula is C28H32N2O6S. The number of anilines is 1. The van der Waals surface area contributed by atoms with Crippen molar-refractivity contribution in [3.05, 3.63) is 77.4 Å². The maximum atomic E-state index is 12.6. The molecule has 0 aliphatic rings. The first kappa shape index (κ1) is 27.7. The van der Waals surface area contributed by atoms with Gasteiger partial charge in [0.2, 0.25) is 10.0 Å². The van der Waals surface area contributed by atoms with Gasteiger partial charge in [-0.3, -0.25) is 4.79 Å². The molecular weight excluding hydrogens is 492 g/mol. The van der Waals surface area contributed by atoms with Gasteiger partial charge >= 0.3 is 6.03 Å². The second-order valence-electron chi connectivity index (χ2n) is 10.1. The number of benzene rings is 3. The third-order valence-corrected chi connectivity index (χ3v) is 5.98. The van der Waals surface area contributed by atoms with Crippen LogP contribution in [-0.2, 0) is 16.6 Å². The van der Waals surface area contributed by atoms with Crippen LogP contribution in [0.3, 0.4) is 0 Å². The molecule has 2 amide bonds. The highest BCUT2D eigenvalue weighted by molar-refractivity contribution is 7.89. The summed E-state index contributed by atoms with van der Waals surface area (Å²) < 4.78 is 30.3. The number of sulfonamides is 1. The maximum Gasteiger partial charge on any atom is 0.332 e. The average Bonchev–Trinajstić information content (AvgIpc) is 2.78. The molecule has 37 heavy (non-hydrogen) atoms. The molecule has 0 saturated heterocycles. The highest BCUT2D eigenvalue weighted by Gasteiger charge is 2.21. The summed E-state index contributed by atoms with van der Waals surface area (Å²) in [6, 6.07) is 17.1. The topological polar surface area (TPSA) is 122 Å².